The lowest BCUT2D eigenvalue weighted by Crippen LogP contribution is -2.13. The molecule has 0 spiro atoms. The van der Waals surface area contributed by atoms with Crippen molar-refractivity contribution in [3.8, 4) is 11.1 Å². The Balaban J connectivity index is 1.76. The zero-order chi connectivity index (χ0) is 19.7. The first-order valence-electron chi connectivity index (χ1n) is 8.30. The van der Waals surface area contributed by atoms with Crippen LogP contribution < -0.4 is 10.9 Å². The second-order valence-electron chi connectivity index (χ2n) is 6.04. The summed E-state index contributed by atoms with van der Waals surface area (Å²) in [6.45, 7) is 0. The fourth-order valence-electron chi connectivity index (χ4n) is 2.89. The number of nitrogens with zero attached hydrogens (tertiary/aromatic N) is 2. The maximum Gasteiger partial charge on any atom is 0.416 e. The number of anilines is 2. The number of aromatic amines is 1. The van der Waals surface area contributed by atoms with E-state index in [-0.39, 0.29) is 17.3 Å². The molecule has 0 saturated heterocycles. The van der Waals surface area contributed by atoms with Gasteiger partial charge in [0.15, 0.2) is 5.65 Å². The largest absolute Gasteiger partial charge is 0.416 e. The number of aromatic nitrogens is 3. The highest BCUT2D eigenvalue weighted by molar-refractivity contribution is 5.92. The summed E-state index contributed by atoms with van der Waals surface area (Å²) in [5.74, 6) is 0.00883. The number of benzene rings is 2. The molecule has 2 aromatic heterocycles. The third kappa shape index (κ3) is 3.44. The highest BCUT2D eigenvalue weighted by Crippen LogP contribution is 2.31. The molecule has 0 saturated carbocycles. The van der Waals surface area contributed by atoms with E-state index in [4.69, 9.17) is 0 Å². The lowest BCUT2D eigenvalue weighted by Gasteiger charge is -2.11. The molecule has 0 aliphatic heterocycles. The maximum absolute atomic E-state index is 12.9. The first-order chi connectivity index (χ1) is 13.4. The average molecular weight is 382 g/mol. The minimum Gasteiger partial charge on any atom is -0.326 e. The summed E-state index contributed by atoms with van der Waals surface area (Å²) in [7, 11) is 0. The smallest absolute Gasteiger partial charge is 0.326 e. The van der Waals surface area contributed by atoms with Gasteiger partial charge in [-0.2, -0.15) is 18.2 Å². The van der Waals surface area contributed by atoms with E-state index in [0.717, 1.165) is 17.7 Å². The molecule has 4 rings (SSSR count). The third-order valence-corrected chi connectivity index (χ3v) is 4.15. The number of H-pyrrole nitrogens is 1. The number of fused-ring (bicyclic) bond motifs is 1. The third-order valence-electron chi connectivity index (χ3n) is 4.15. The van der Waals surface area contributed by atoms with Crippen molar-refractivity contribution in [1.29, 1.82) is 0 Å². The zero-order valence-electron chi connectivity index (χ0n) is 14.3. The molecule has 2 heterocycles. The van der Waals surface area contributed by atoms with Gasteiger partial charge in [-0.3, -0.25) is 9.78 Å². The van der Waals surface area contributed by atoms with E-state index in [1.165, 1.54) is 18.3 Å². The number of halogens is 3. The van der Waals surface area contributed by atoms with Crippen molar-refractivity contribution in [3.05, 3.63) is 82.8 Å². The van der Waals surface area contributed by atoms with Gasteiger partial charge < -0.3 is 5.32 Å². The van der Waals surface area contributed by atoms with Crippen LogP contribution in [0.5, 0.6) is 0 Å². The van der Waals surface area contributed by atoms with Crippen LogP contribution in [0.2, 0.25) is 0 Å². The quantitative estimate of drug-likeness (QED) is 0.537. The van der Waals surface area contributed by atoms with Crippen molar-refractivity contribution in [3.63, 3.8) is 0 Å². The van der Waals surface area contributed by atoms with Crippen LogP contribution in [0.1, 0.15) is 5.56 Å². The molecule has 0 radical (unpaired) electrons. The van der Waals surface area contributed by atoms with Gasteiger partial charge in [0.05, 0.1) is 10.9 Å². The van der Waals surface area contributed by atoms with Crippen molar-refractivity contribution in [2.45, 2.75) is 6.18 Å². The van der Waals surface area contributed by atoms with Gasteiger partial charge in [-0.15, -0.1) is 0 Å². The Hall–Kier alpha value is -3.68. The van der Waals surface area contributed by atoms with Crippen LogP contribution in [0.15, 0.2) is 71.7 Å². The summed E-state index contributed by atoms with van der Waals surface area (Å²) in [6.07, 6.45) is -2.93. The Morgan fingerprint density at radius 1 is 0.964 bits per heavy atom. The number of pyridine rings is 1. The van der Waals surface area contributed by atoms with E-state index in [9.17, 15) is 18.0 Å². The second kappa shape index (κ2) is 6.80. The van der Waals surface area contributed by atoms with Crippen LogP contribution in [0.4, 0.5) is 24.8 Å². The monoisotopic (exact) mass is 382 g/mol. The van der Waals surface area contributed by atoms with Crippen molar-refractivity contribution in [1.82, 2.24) is 15.0 Å². The lowest BCUT2D eigenvalue weighted by atomic mass is 10.0. The summed E-state index contributed by atoms with van der Waals surface area (Å²) < 4.78 is 38.6. The Morgan fingerprint density at radius 3 is 2.50 bits per heavy atom. The van der Waals surface area contributed by atoms with Gasteiger partial charge >= 0.3 is 6.18 Å². The fraction of sp³-hybridized carbons (Fsp3) is 0.0500. The van der Waals surface area contributed by atoms with Crippen molar-refractivity contribution >= 4 is 22.7 Å². The molecule has 2 aromatic carbocycles. The predicted octanol–water partition coefficient (Wildman–Crippen LogP) is 4.75. The number of alkyl halides is 3. The van der Waals surface area contributed by atoms with Crippen molar-refractivity contribution < 1.29 is 13.2 Å². The summed E-state index contributed by atoms with van der Waals surface area (Å²) in [5.41, 5.74) is 0.610. The SMILES string of the molecule is O=c1[nH]c(Nc2cccc(C(F)(F)F)c2)nc2nccc(-c3ccccc3)c12. The van der Waals surface area contributed by atoms with Crippen molar-refractivity contribution in [2.75, 3.05) is 5.32 Å². The molecule has 5 nitrogen and oxygen atoms in total. The molecular weight excluding hydrogens is 369 g/mol. The van der Waals surface area contributed by atoms with Gasteiger partial charge in [-0.1, -0.05) is 36.4 Å². The van der Waals surface area contributed by atoms with E-state index in [0.29, 0.717) is 10.9 Å². The molecule has 0 unspecified atom stereocenters. The van der Waals surface area contributed by atoms with Crippen LogP contribution in [-0.4, -0.2) is 15.0 Å². The van der Waals surface area contributed by atoms with Crippen LogP contribution in [-0.2, 0) is 6.18 Å². The average Bonchev–Trinajstić information content (AvgIpc) is 2.68. The highest BCUT2D eigenvalue weighted by atomic mass is 19.4. The first kappa shape index (κ1) is 17.7. The van der Waals surface area contributed by atoms with Gasteiger partial charge in [0, 0.05) is 11.9 Å². The topological polar surface area (TPSA) is 70.7 Å². The fourth-order valence-corrected chi connectivity index (χ4v) is 2.89. The van der Waals surface area contributed by atoms with Gasteiger partial charge in [0.2, 0.25) is 5.95 Å². The number of hydrogen-bond acceptors (Lipinski definition) is 4. The standard InChI is InChI=1S/C20H13F3N4O/c21-20(22,23)13-7-4-8-14(11-13)25-19-26-17-16(18(28)27-19)15(9-10-24-17)12-5-2-1-3-6-12/h1-11H,(H2,24,25,26,27,28). The normalized spacial score (nSPS) is 11.5. The minimum atomic E-state index is -4.46. The predicted molar refractivity (Wildman–Crippen MR) is 100 cm³/mol. The van der Waals surface area contributed by atoms with E-state index in [1.54, 1.807) is 6.07 Å². The van der Waals surface area contributed by atoms with Gasteiger partial charge in [0.25, 0.3) is 5.56 Å². The van der Waals surface area contributed by atoms with E-state index < -0.39 is 17.3 Å². The molecule has 4 aromatic rings. The molecule has 8 heteroatoms. The molecular formula is C20H13F3N4O. The Morgan fingerprint density at radius 2 is 1.75 bits per heavy atom. The Labute approximate surface area is 156 Å². The van der Waals surface area contributed by atoms with Crippen LogP contribution in [0, 0.1) is 0 Å². The lowest BCUT2D eigenvalue weighted by molar-refractivity contribution is -0.137. The number of hydrogen-bond donors (Lipinski definition) is 2. The van der Waals surface area contributed by atoms with E-state index in [1.807, 2.05) is 30.3 Å². The molecule has 0 atom stereocenters. The van der Waals surface area contributed by atoms with Crippen LogP contribution >= 0.6 is 0 Å². The van der Waals surface area contributed by atoms with Crippen LogP contribution in [0.3, 0.4) is 0 Å². The zero-order valence-corrected chi connectivity index (χ0v) is 14.3. The summed E-state index contributed by atoms with van der Waals surface area (Å²) in [4.78, 5) is 23.6. The molecule has 0 aliphatic rings. The van der Waals surface area contributed by atoms with Crippen LogP contribution in [0.25, 0.3) is 22.2 Å². The Bertz CT molecular complexity index is 1200. The van der Waals surface area contributed by atoms with Gasteiger partial charge in [-0.05, 0) is 35.4 Å². The van der Waals surface area contributed by atoms with Gasteiger partial charge in [0.1, 0.15) is 0 Å². The van der Waals surface area contributed by atoms with Crippen molar-refractivity contribution in [2.24, 2.45) is 0 Å². The summed E-state index contributed by atoms with van der Waals surface area (Å²) in [6, 6.07) is 15.7. The Kier molecular flexibility index (Phi) is 4.31. The van der Waals surface area contributed by atoms with E-state index in [2.05, 4.69) is 20.3 Å². The highest BCUT2D eigenvalue weighted by Gasteiger charge is 2.30. The molecule has 0 fully saturated rings. The van der Waals surface area contributed by atoms with E-state index >= 15 is 0 Å². The number of nitrogens with one attached hydrogen (secondary N) is 2. The van der Waals surface area contributed by atoms with Gasteiger partial charge in [-0.25, -0.2) is 4.98 Å². The molecule has 0 amide bonds. The number of rotatable bonds is 3. The summed E-state index contributed by atoms with van der Waals surface area (Å²) in [5, 5.41) is 3.01. The molecule has 0 aliphatic carbocycles. The second-order valence-corrected chi connectivity index (χ2v) is 6.04. The first-order valence-corrected chi connectivity index (χ1v) is 8.30. The molecule has 28 heavy (non-hydrogen) atoms. The summed E-state index contributed by atoms with van der Waals surface area (Å²) >= 11 is 0. The minimum absolute atomic E-state index is 0.00883. The molecule has 0 bridgehead atoms. The maximum atomic E-state index is 12.9. The molecule has 140 valence electrons. The molecule has 2 N–H and O–H groups in total.